The molecule has 0 saturated carbocycles. The van der Waals surface area contributed by atoms with Crippen LogP contribution < -0.4 is 10.1 Å². The maximum absolute atomic E-state index is 13.2. The van der Waals surface area contributed by atoms with Crippen LogP contribution in [0.15, 0.2) is 66.9 Å². The van der Waals surface area contributed by atoms with E-state index in [1.165, 1.54) is 5.56 Å². The molecule has 0 radical (unpaired) electrons. The lowest BCUT2D eigenvalue weighted by Crippen LogP contribution is -2.43. The average Bonchev–Trinajstić information content (AvgIpc) is 2.83. The number of hydrogen-bond donors (Lipinski definition) is 1. The number of benzene rings is 2. The predicted octanol–water partition coefficient (Wildman–Crippen LogP) is 5.09. The highest BCUT2D eigenvalue weighted by molar-refractivity contribution is 5.95. The van der Waals surface area contributed by atoms with Gasteiger partial charge < -0.3 is 10.1 Å². The van der Waals surface area contributed by atoms with E-state index in [1.54, 1.807) is 13.3 Å². The summed E-state index contributed by atoms with van der Waals surface area (Å²) in [5.41, 5.74) is 4.97. The summed E-state index contributed by atoms with van der Waals surface area (Å²) in [6, 6.07) is 19.8. The zero-order chi connectivity index (χ0) is 23.2. The second-order valence-electron chi connectivity index (χ2n) is 8.93. The molecule has 2 unspecified atom stereocenters. The normalized spacial score (nSPS) is 17.4. The van der Waals surface area contributed by atoms with Gasteiger partial charge in [-0.15, -0.1) is 0 Å². The second-order valence-corrected chi connectivity index (χ2v) is 8.93. The minimum Gasteiger partial charge on any atom is -0.496 e. The van der Waals surface area contributed by atoms with Gasteiger partial charge in [-0.3, -0.25) is 14.7 Å². The first-order valence-corrected chi connectivity index (χ1v) is 11.7. The van der Waals surface area contributed by atoms with E-state index in [9.17, 15) is 4.79 Å². The average molecular weight is 444 g/mol. The third-order valence-corrected chi connectivity index (χ3v) is 6.59. The number of methoxy groups -OCH3 is 1. The van der Waals surface area contributed by atoms with Gasteiger partial charge in [-0.1, -0.05) is 42.5 Å². The van der Waals surface area contributed by atoms with Crippen molar-refractivity contribution in [2.75, 3.05) is 20.2 Å². The molecule has 2 aromatic carbocycles. The van der Waals surface area contributed by atoms with Gasteiger partial charge in [0, 0.05) is 30.4 Å². The number of carbonyl (C=O) groups is 1. The number of para-hydroxylation sites is 1. The topological polar surface area (TPSA) is 54.5 Å². The van der Waals surface area contributed by atoms with Crippen LogP contribution in [-0.2, 0) is 6.54 Å². The molecule has 1 aliphatic rings. The third kappa shape index (κ3) is 5.42. The van der Waals surface area contributed by atoms with E-state index in [2.05, 4.69) is 40.3 Å². The van der Waals surface area contributed by atoms with E-state index < -0.39 is 0 Å². The predicted molar refractivity (Wildman–Crippen MR) is 131 cm³/mol. The highest BCUT2D eigenvalue weighted by Gasteiger charge is 2.31. The number of aryl methyl sites for hydroxylation is 2. The Labute approximate surface area is 196 Å². The molecule has 1 aliphatic heterocycles. The summed E-state index contributed by atoms with van der Waals surface area (Å²) in [6.07, 6.45) is 3.94. The number of carbonyl (C=O) groups excluding carboxylic acids is 1. The van der Waals surface area contributed by atoms with Crippen LogP contribution in [-0.4, -0.2) is 36.0 Å². The molecule has 2 atom stereocenters. The zero-order valence-electron chi connectivity index (χ0n) is 19.8. The smallest absolute Gasteiger partial charge is 0.252 e. The Bertz CT molecular complexity index is 1080. The minimum absolute atomic E-state index is 0.0405. The number of amides is 1. The van der Waals surface area contributed by atoms with Gasteiger partial charge in [0.05, 0.1) is 18.8 Å². The molecular formula is C28H33N3O2. The van der Waals surface area contributed by atoms with Crippen molar-refractivity contribution in [3.63, 3.8) is 0 Å². The summed E-state index contributed by atoms with van der Waals surface area (Å²) in [7, 11) is 1.74. The van der Waals surface area contributed by atoms with E-state index in [0.717, 1.165) is 60.6 Å². The molecule has 1 amide bonds. The maximum atomic E-state index is 13.2. The van der Waals surface area contributed by atoms with Crippen LogP contribution >= 0.6 is 0 Å². The summed E-state index contributed by atoms with van der Waals surface area (Å²) in [5, 5.41) is 3.32. The van der Waals surface area contributed by atoms with Gasteiger partial charge >= 0.3 is 0 Å². The van der Waals surface area contributed by atoms with Gasteiger partial charge in [-0.25, -0.2) is 0 Å². The Hall–Kier alpha value is -3.18. The van der Waals surface area contributed by atoms with Gasteiger partial charge in [0.1, 0.15) is 5.75 Å². The Morgan fingerprint density at radius 3 is 2.64 bits per heavy atom. The van der Waals surface area contributed by atoms with Crippen LogP contribution in [0, 0.1) is 19.8 Å². The lowest BCUT2D eigenvalue weighted by Gasteiger charge is -2.37. The Balaban J connectivity index is 1.55. The molecule has 1 saturated heterocycles. The Kier molecular flexibility index (Phi) is 7.40. The SMILES string of the molecule is COc1c(C)cccc1CN1CCCC(C(NC(=O)c2ccccc2C)c2ccccn2)C1. The molecular weight excluding hydrogens is 410 g/mol. The van der Waals surface area contributed by atoms with E-state index in [-0.39, 0.29) is 17.9 Å². The van der Waals surface area contributed by atoms with Crippen molar-refractivity contribution in [3.05, 3.63) is 94.8 Å². The van der Waals surface area contributed by atoms with Crippen LogP contribution in [0.2, 0.25) is 0 Å². The fourth-order valence-electron chi connectivity index (χ4n) is 4.92. The largest absolute Gasteiger partial charge is 0.496 e. The fraction of sp³-hybridized carbons (Fsp3) is 0.357. The lowest BCUT2D eigenvalue weighted by molar-refractivity contribution is 0.0874. The summed E-state index contributed by atoms with van der Waals surface area (Å²) < 4.78 is 5.68. The molecule has 1 aromatic heterocycles. The summed E-state index contributed by atoms with van der Waals surface area (Å²) in [4.78, 5) is 20.3. The first-order valence-electron chi connectivity index (χ1n) is 11.7. The van der Waals surface area contributed by atoms with Gasteiger partial charge in [-0.05, 0) is 68.5 Å². The molecule has 0 aliphatic carbocycles. The molecule has 33 heavy (non-hydrogen) atoms. The standard InChI is InChI=1S/C28H33N3O2/c1-20-10-4-5-14-24(20)28(32)30-26(25-15-6-7-16-29-25)22-13-9-17-31(18-22)19-23-12-8-11-21(2)27(23)33-3/h4-8,10-12,14-16,22,26H,9,13,17-19H2,1-3H3,(H,30,32). The van der Waals surface area contributed by atoms with Crippen LogP contribution in [0.3, 0.4) is 0 Å². The van der Waals surface area contributed by atoms with Crippen LogP contribution in [0.25, 0.3) is 0 Å². The van der Waals surface area contributed by atoms with Crippen molar-refractivity contribution in [1.29, 1.82) is 0 Å². The molecule has 2 heterocycles. The van der Waals surface area contributed by atoms with Crippen molar-refractivity contribution in [3.8, 4) is 5.75 Å². The van der Waals surface area contributed by atoms with Crippen molar-refractivity contribution in [2.24, 2.45) is 5.92 Å². The van der Waals surface area contributed by atoms with Gasteiger partial charge in [0.25, 0.3) is 5.91 Å². The number of pyridine rings is 1. The van der Waals surface area contributed by atoms with Crippen molar-refractivity contribution >= 4 is 5.91 Å². The Morgan fingerprint density at radius 1 is 1.09 bits per heavy atom. The maximum Gasteiger partial charge on any atom is 0.252 e. The molecule has 5 nitrogen and oxygen atoms in total. The first-order chi connectivity index (χ1) is 16.1. The van der Waals surface area contributed by atoms with E-state index in [4.69, 9.17) is 4.74 Å². The number of nitrogens with one attached hydrogen (secondary N) is 1. The molecule has 3 aromatic rings. The number of ether oxygens (including phenoxy) is 1. The molecule has 1 N–H and O–H groups in total. The molecule has 0 bridgehead atoms. The number of hydrogen-bond acceptors (Lipinski definition) is 4. The van der Waals surface area contributed by atoms with Crippen LogP contribution in [0.4, 0.5) is 0 Å². The van der Waals surface area contributed by atoms with E-state index >= 15 is 0 Å². The molecule has 4 rings (SSSR count). The number of aromatic nitrogens is 1. The first kappa shape index (κ1) is 23.0. The van der Waals surface area contributed by atoms with E-state index in [1.807, 2.05) is 49.4 Å². The summed E-state index contributed by atoms with van der Waals surface area (Å²) >= 11 is 0. The lowest BCUT2D eigenvalue weighted by atomic mass is 9.87. The highest BCUT2D eigenvalue weighted by Crippen LogP contribution is 2.32. The second kappa shape index (κ2) is 10.6. The number of piperidine rings is 1. The number of nitrogens with zero attached hydrogens (tertiary/aromatic N) is 2. The minimum atomic E-state index is -0.138. The molecule has 1 fully saturated rings. The van der Waals surface area contributed by atoms with Crippen molar-refractivity contribution in [1.82, 2.24) is 15.2 Å². The number of likely N-dealkylation sites (tertiary alicyclic amines) is 1. The third-order valence-electron chi connectivity index (χ3n) is 6.59. The molecule has 172 valence electrons. The van der Waals surface area contributed by atoms with Crippen molar-refractivity contribution in [2.45, 2.75) is 39.3 Å². The van der Waals surface area contributed by atoms with Gasteiger partial charge in [-0.2, -0.15) is 0 Å². The van der Waals surface area contributed by atoms with Gasteiger partial charge in [0.15, 0.2) is 0 Å². The Morgan fingerprint density at radius 2 is 1.88 bits per heavy atom. The van der Waals surface area contributed by atoms with Gasteiger partial charge in [0.2, 0.25) is 0 Å². The summed E-state index contributed by atoms with van der Waals surface area (Å²) in [5.74, 6) is 1.20. The fourth-order valence-corrected chi connectivity index (χ4v) is 4.92. The zero-order valence-corrected chi connectivity index (χ0v) is 19.8. The van der Waals surface area contributed by atoms with E-state index in [0.29, 0.717) is 0 Å². The van der Waals surface area contributed by atoms with Crippen LogP contribution in [0.1, 0.15) is 51.6 Å². The number of rotatable bonds is 7. The van der Waals surface area contributed by atoms with Crippen molar-refractivity contribution < 1.29 is 9.53 Å². The molecule has 0 spiro atoms. The van der Waals surface area contributed by atoms with Crippen LogP contribution in [0.5, 0.6) is 5.75 Å². The monoisotopic (exact) mass is 443 g/mol. The summed E-state index contributed by atoms with van der Waals surface area (Å²) in [6.45, 7) is 6.82. The highest BCUT2D eigenvalue weighted by atomic mass is 16.5. The quantitative estimate of drug-likeness (QED) is 0.553. The molecule has 5 heteroatoms.